The second-order valence-electron chi connectivity index (χ2n) is 4.81. The number of carbonyl (C=O) groups is 1. The molecule has 6 heteroatoms. The summed E-state index contributed by atoms with van der Waals surface area (Å²) >= 11 is 0. The number of morpholine rings is 1. The van der Waals surface area contributed by atoms with Gasteiger partial charge >= 0.3 is 0 Å². The standard InChI is InChI=1S/C14H20FN3O2/c1-2-17-14(19)13-9-20-6-5-18(13)8-10-3-4-12(16)11(15)7-10/h3-4,7,13H,2,5-6,8-9,16H2,1H3,(H,17,19). The zero-order valence-electron chi connectivity index (χ0n) is 11.6. The summed E-state index contributed by atoms with van der Waals surface area (Å²) in [6, 6.07) is 4.42. The molecule has 0 spiro atoms. The predicted octanol–water partition coefficient (Wildman–Crippen LogP) is 0.745. The molecule has 1 fully saturated rings. The lowest BCUT2D eigenvalue weighted by Gasteiger charge is -2.34. The van der Waals surface area contributed by atoms with Crippen LogP contribution in [0.2, 0.25) is 0 Å². The largest absolute Gasteiger partial charge is 0.396 e. The fourth-order valence-corrected chi connectivity index (χ4v) is 2.26. The van der Waals surface area contributed by atoms with Crippen molar-refractivity contribution in [1.29, 1.82) is 0 Å². The molecular formula is C14H20FN3O2. The van der Waals surface area contributed by atoms with Gasteiger partial charge in [0.2, 0.25) is 5.91 Å². The number of amides is 1. The summed E-state index contributed by atoms with van der Waals surface area (Å²) < 4.78 is 18.8. The molecule has 1 heterocycles. The molecule has 1 unspecified atom stereocenters. The maximum absolute atomic E-state index is 13.5. The maximum atomic E-state index is 13.5. The number of likely N-dealkylation sites (N-methyl/N-ethyl adjacent to an activating group) is 1. The summed E-state index contributed by atoms with van der Waals surface area (Å²) in [7, 11) is 0. The number of nitrogens with zero attached hydrogens (tertiary/aromatic N) is 1. The van der Waals surface area contributed by atoms with Gasteiger partial charge in [0.1, 0.15) is 11.9 Å². The van der Waals surface area contributed by atoms with Gasteiger partial charge < -0.3 is 15.8 Å². The number of carbonyl (C=O) groups excluding carboxylic acids is 1. The Morgan fingerprint density at radius 1 is 1.60 bits per heavy atom. The fraction of sp³-hybridized carbons (Fsp3) is 0.500. The lowest BCUT2D eigenvalue weighted by Crippen LogP contribution is -2.53. The van der Waals surface area contributed by atoms with E-state index in [9.17, 15) is 9.18 Å². The molecule has 5 nitrogen and oxygen atoms in total. The van der Waals surface area contributed by atoms with Crippen molar-refractivity contribution in [1.82, 2.24) is 10.2 Å². The van der Waals surface area contributed by atoms with Crippen molar-refractivity contribution in [2.45, 2.75) is 19.5 Å². The number of nitrogens with two attached hydrogens (primary N) is 1. The van der Waals surface area contributed by atoms with Gasteiger partial charge in [-0.15, -0.1) is 0 Å². The van der Waals surface area contributed by atoms with Crippen molar-refractivity contribution in [3.63, 3.8) is 0 Å². The Labute approximate surface area is 117 Å². The summed E-state index contributed by atoms with van der Waals surface area (Å²) in [5.74, 6) is -0.478. The highest BCUT2D eigenvalue weighted by Crippen LogP contribution is 2.16. The molecule has 1 amide bonds. The van der Waals surface area contributed by atoms with E-state index in [4.69, 9.17) is 10.5 Å². The van der Waals surface area contributed by atoms with Gasteiger partial charge in [-0.1, -0.05) is 6.07 Å². The van der Waals surface area contributed by atoms with Gasteiger partial charge in [0.05, 0.1) is 18.9 Å². The normalized spacial score (nSPS) is 19.8. The SMILES string of the molecule is CCNC(=O)C1COCCN1Cc1ccc(N)c(F)c1. The number of halogens is 1. The first kappa shape index (κ1) is 14.7. The van der Waals surface area contributed by atoms with Crippen LogP contribution in [-0.2, 0) is 16.1 Å². The molecule has 0 bridgehead atoms. The molecule has 1 atom stereocenters. The molecule has 110 valence electrons. The second-order valence-corrected chi connectivity index (χ2v) is 4.81. The number of hydrogen-bond donors (Lipinski definition) is 2. The summed E-state index contributed by atoms with van der Waals surface area (Å²) in [5, 5.41) is 2.80. The quantitative estimate of drug-likeness (QED) is 0.799. The molecule has 1 aromatic carbocycles. The molecule has 1 saturated heterocycles. The lowest BCUT2D eigenvalue weighted by molar-refractivity contribution is -0.132. The van der Waals surface area contributed by atoms with Gasteiger partial charge in [-0.3, -0.25) is 9.69 Å². The Hall–Kier alpha value is -1.66. The van der Waals surface area contributed by atoms with Crippen LogP contribution >= 0.6 is 0 Å². The number of nitrogens with one attached hydrogen (secondary N) is 1. The zero-order chi connectivity index (χ0) is 14.5. The minimum Gasteiger partial charge on any atom is -0.396 e. The van der Waals surface area contributed by atoms with Crippen LogP contribution in [0.3, 0.4) is 0 Å². The van der Waals surface area contributed by atoms with E-state index in [0.29, 0.717) is 32.8 Å². The van der Waals surface area contributed by atoms with Crippen LogP contribution in [0.1, 0.15) is 12.5 Å². The number of hydrogen-bond acceptors (Lipinski definition) is 4. The molecule has 0 aromatic heterocycles. The average Bonchev–Trinajstić information content (AvgIpc) is 2.44. The minimum atomic E-state index is -0.426. The monoisotopic (exact) mass is 281 g/mol. The van der Waals surface area contributed by atoms with Crippen molar-refractivity contribution >= 4 is 11.6 Å². The third-order valence-corrected chi connectivity index (χ3v) is 3.34. The first-order chi connectivity index (χ1) is 9.61. The molecule has 2 rings (SSSR count). The van der Waals surface area contributed by atoms with Crippen LogP contribution in [0.4, 0.5) is 10.1 Å². The Bertz CT molecular complexity index is 481. The van der Waals surface area contributed by atoms with E-state index in [2.05, 4.69) is 5.32 Å². The zero-order valence-corrected chi connectivity index (χ0v) is 11.6. The predicted molar refractivity (Wildman–Crippen MR) is 74.5 cm³/mol. The summed E-state index contributed by atoms with van der Waals surface area (Å²) in [6.07, 6.45) is 0. The van der Waals surface area contributed by atoms with E-state index in [1.54, 1.807) is 12.1 Å². The van der Waals surface area contributed by atoms with Gasteiger partial charge in [-0.05, 0) is 24.6 Å². The highest BCUT2D eigenvalue weighted by molar-refractivity contribution is 5.81. The van der Waals surface area contributed by atoms with Crippen LogP contribution in [0.25, 0.3) is 0 Å². The molecule has 3 N–H and O–H groups in total. The number of benzene rings is 1. The van der Waals surface area contributed by atoms with Gasteiger partial charge in [-0.2, -0.15) is 0 Å². The molecular weight excluding hydrogens is 261 g/mol. The van der Waals surface area contributed by atoms with Crippen molar-refractivity contribution in [3.05, 3.63) is 29.6 Å². The Kier molecular flexibility index (Phi) is 4.92. The van der Waals surface area contributed by atoms with E-state index in [0.717, 1.165) is 5.56 Å². The van der Waals surface area contributed by atoms with Crippen LogP contribution in [0.5, 0.6) is 0 Å². The molecule has 1 aliphatic rings. The highest BCUT2D eigenvalue weighted by Gasteiger charge is 2.29. The maximum Gasteiger partial charge on any atom is 0.239 e. The molecule has 1 aliphatic heterocycles. The molecule has 0 radical (unpaired) electrons. The number of anilines is 1. The Morgan fingerprint density at radius 3 is 3.10 bits per heavy atom. The first-order valence-electron chi connectivity index (χ1n) is 6.75. The number of ether oxygens (including phenoxy) is 1. The molecule has 0 aliphatic carbocycles. The summed E-state index contributed by atoms with van der Waals surface area (Å²) in [6.45, 7) is 4.55. The summed E-state index contributed by atoms with van der Waals surface area (Å²) in [5.41, 5.74) is 6.40. The van der Waals surface area contributed by atoms with Crippen LogP contribution in [0.15, 0.2) is 18.2 Å². The lowest BCUT2D eigenvalue weighted by atomic mass is 10.1. The summed E-state index contributed by atoms with van der Waals surface area (Å²) in [4.78, 5) is 14.0. The number of rotatable bonds is 4. The third-order valence-electron chi connectivity index (χ3n) is 3.34. The van der Waals surface area contributed by atoms with Gasteiger partial charge in [0, 0.05) is 19.6 Å². The molecule has 0 saturated carbocycles. The van der Waals surface area contributed by atoms with Crippen molar-refractivity contribution in [2.75, 3.05) is 32.0 Å². The Morgan fingerprint density at radius 2 is 2.40 bits per heavy atom. The van der Waals surface area contributed by atoms with E-state index < -0.39 is 5.82 Å². The van der Waals surface area contributed by atoms with Crippen LogP contribution in [0, 0.1) is 5.82 Å². The molecule has 20 heavy (non-hydrogen) atoms. The van der Waals surface area contributed by atoms with Gasteiger partial charge in [0.15, 0.2) is 0 Å². The van der Waals surface area contributed by atoms with Gasteiger partial charge in [0.25, 0.3) is 0 Å². The number of nitrogen functional groups attached to an aromatic ring is 1. The van der Waals surface area contributed by atoms with Crippen LogP contribution in [-0.4, -0.2) is 43.2 Å². The fourth-order valence-electron chi connectivity index (χ4n) is 2.26. The van der Waals surface area contributed by atoms with E-state index in [-0.39, 0.29) is 17.6 Å². The van der Waals surface area contributed by atoms with Crippen molar-refractivity contribution < 1.29 is 13.9 Å². The Balaban J connectivity index is 2.08. The van der Waals surface area contributed by atoms with E-state index >= 15 is 0 Å². The van der Waals surface area contributed by atoms with Gasteiger partial charge in [-0.25, -0.2) is 4.39 Å². The minimum absolute atomic E-state index is 0.0527. The van der Waals surface area contributed by atoms with E-state index in [1.165, 1.54) is 6.07 Å². The van der Waals surface area contributed by atoms with Crippen molar-refractivity contribution in [3.8, 4) is 0 Å². The van der Waals surface area contributed by atoms with E-state index in [1.807, 2.05) is 11.8 Å². The van der Waals surface area contributed by atoms with Crippen molar-refractivity contribution in [2.24, 2.45) is 0 Å². The third kappa shape index (κ3) is 3.46. The van der Waals surface area contributed by atoms with Crippen LogP contribution < -0.4 is 11.1 Å². The first-order valence-corrected chi connectivity index (χ1v) is 6.75. The second kappa shape index (κ2) is 6.67. The average molecular weight is 281 g/mol. The topological polar surface area (TPSA) is 67.6 Å². The molecule has 1 aromatic rings. The highest BCUT2D eigenvalue weighted by atomic mass is 19.1. The smallest absolute Gasteiger partial charge is 0.239 e.